The lowest BCUT2D eigenvalue weighted by Gasteiger charge is -2.08. The summed E-state index contributed by atoms with van der Waals surface area (Å²) in [6, 6.07) is 2.03. The first-order chi connectivity index (χ1) is 8.86. The number of hydrogen-bond donors (Lipinski definition) is 1. The van der Waals surface area contributed by atoms with Crippen LogP contribution in [0.1, 0.15) is 26.2 Å². The van der Waals surface area contributed by atoms with Gasteiger partial charge in [0.1, 0.15) is 4.83 Å². The lowest BCUT2D eigenvalue weighted by atomic mass is 10.4. The predicted molar refractivity (Wildman–Crippen MR) is 74.4 cm³/mol. The minimum absolute atomic E-state index is 0.678. The summed E-state index contributed by atoms with van der Waals surface area (Å²) in [6.45, 7) is 3.80. The Morgan fingerprint density at radius 1 is 1.44 bits per heavy atom. The predicted octanol–water partition coefficient (Wildman–Crippen LogP) is 3.30. The molecule has 0 spiro atoms. The molecule has 1 aliphatic carbocycles. The molecule has 96 valence electrons. The smallest absolute Gasteiger partial charge is 0.227 e. The lowest BCUT2D eigenvalue weighted by Crippen LogP contribution is -2.07. The molecule has 2 aromatic heterocycles. The Labute approximate surface area is 110 Å². The van der Waals surface area contributed by atoms with E-state index in [1.807, 2.05) is 11.4 Å². The molecule has 1 N–H and O–H groups in total. The van der Waals surface area contributed by atoms with Crippen molar-refractivity contribution in [2.75, 3.05) is 18.5 Å². The third-order valence-corrected chi connectivity index (χ3v) is 3.78. The highest BCUT2D eigenvalue weighted by Gasteiger charge is 2.23. The summed E-state index contributed by atoms with van der Waals surface area (Å²) in [5, 5.41) is 6.29. The van der Waals surface area contributed by atoms with Crippen molar-refractivity contribution < 1.29 is 4.74 Å². The standard InChI is InChI=1S/C13H17N3OS/c1-2-6-14-13-15-11(17-8-9-3-4-9)10-5-7-18-12(10)16-13/h5,7,9H,2-4,6,8H2,1H3,(H,14,15,16). The number of thiophene rings is 1. The summed E-state index contributed by atoms with van der Waals surface area (Å²) >= 11 is 1.63. The molecular formula is C13H17N3OS. The van der Waals surface area contributed by atoms with Gasteiger partial charge in [-0.15, -0.1) is 11.3 Å². The van der Waals surface area contributed by atoms with E-state index >= 15 is 0 Å². The number of anilines is 1. The molecule has 2 heterocycles. The molecule has 0 saturated heterocycles. The topological polar surface area (TPSA) is 47.0 Å². The first kappa shape index (κ1) is 11.7. The van der Waals surface area contributed by atoms with Gasteiger partial charge in [-0.3, -0.25) is 0 Å². The van der Waals surface area contributed by atoms with Crippen LogP contribution in [0.25, 0.3) is 10.2 Å². The molecule has 2 aromatic rings. The quantitative estimate of drug-likeness (QED) is 0.868. The van der Waals surface area contributed by atoms with Crippen LogP contribution in [0.2, 0.25) is 0 Å². The molecule has 1 aliphatic rings. The van der Waals surface area contributed by atoms with Crippen molar-refractivity contribution in [1.82, 2.24) is 9.97 Å². The van der Waals surface area contributed by atoms with E-state index in [9.17, 15) is 0 Å². The summed E-state index contributed by atoms with van der Waals surface area (Å²) < 4.78 is 5.84. The molecule has 0 amide bonds. The fourth-order valence-electron chi connectivity index (χ4n) is 1.74. The molecule has 0 aliphatic heterocycles. The molecule has 18 heavy (non-hydrogen) atoms. The molecule has 0 unspecified atom stereocenters. The molecule has 0 atom stereocenters. The van der Waals surface area contributed by atoms with Gasteiger partial charge in [0.05, 0.1) is 12.0 Å². The van der Waals surface area contributed by atoms with Crippen LogP contribution in [0.4, 0.5) is 5.95 Å². The molecule has 0 bridgehead atoms. The van der Waals surface area contributed by atoms with Gasteiger partial charge >= 0.3 is 0 Å². The van der Waals surface area contributed by atoms with Crippen molar-refractivity contribution in [3.8, 4) is 5.88 Å². The van der Waals surface area contributed by atoms with E-state index in [2.05, 4.69) is 22.2 Å². The van der Waals surface area contributed by atoms with Crippen molar-refractivity contribution in [3.05, 3.63) is 11.4 Å². The summed E-state index contributed by atoms with van der Waals surface area (Å²) in [7, 11) is 0. The summed E-state index contributed by atoms with van der Waals surface area (Å²) in [5.41, 5.74) is 0. The maximum atomic E-state index is 5.84. The van der Waals surface area contributed by atoms with Crippen molar-refractivity contribution >= 4 is 27.5 Å². The zero-order valence-corrected chi connectivity index (χ0v) is 11.3. The zero-order chi connectivity index (χ0) is 12.4. The monoisotopic (exact) mass is 263 g/mol. The van der Waals surface area contributed by atoms with Gasteiger partial charge in [0, 0.05) is 6.54 Å². The molecule has 4 nitrogen and oxygen atoms in total. The summed E-state index contributed by atoms with van der Waals surface area (Å²) in [4.78, 5) is 9.96. The Kier molecular flexibility index (Phi) is 3.32. The second-order valence-electron chi connectivity index (χ2n) is 4.67. The molecule has 1 fully saturated rings. The van der Waals surface area contributed by atoms with E-state index in [1.165, 1.54) is 12.8 Å². The second-order valence-corrected chi connectivity index (χ2v) is 5.57. The number of fused-ring (bicyclic) bond motifs is 1. The number of ether oxygens (including phenoxy) is 1. The second kappa shape index (κ2) is 5.10. The van der Waals surface area contributed by atoms with Crippen LogP contribution >= 0.6 is 11.3 Å². The molecule has 0 aromatic carbocycles. The van der Waals surface area contributed by atoms with Gasteiger partial charge in [-0.25, -0.2) is 4.98 Å². The van der Waals surface area contributed by atoms with Crippen LogP contribution in [0.5, 0.6) is 5.88 Å². The van der Waals surface area contributed by atoms with Gasteiger partial charge in [0.2, 0.25) is 11.8 Å². The molecule has 0 radical (unpaired) electrons. The van der Waals surface area contributed by atoms with Crippen molar-refractivity contribution in [2.24, 2.45) is 5.92 Å². The van der Waals surface area contributed by atoms with Crippen LogP contribution in [-0.2, 0) is 0 Å². The van der Waals surface area contributed by atoms with E-state index < -0.39 is 0 Å². The van der Waals surface area contributed by atoms with Crippen LogP contribution in [0.3, 0.4) is 0 Å². The number of nitrogens with one attached hydrogen (secondary N) is 1. The number of hydrogen-bond acceptors (Lipinski definition) is 5. The molecule has 1 saturated carbocycles. The van der Waals surface area contributed by atoms with Gasteiger partial charge in [-0.1, -0.05) is 6.92 Å². The number of rotatable bonds is 6. The largest absolute Gasteiger partial charge is 0.477 e. The Hall–Kier alpha value is -1.36. The van der Waals surface area contributed by atoms with Crippen LogP contribution in [0, 0.1) is 5.92 Å². The Morgan fingerprint density at radius 2 is 2.33 bits per heavy atom. The van der Waals surface area contributed by atoms with Gasteiger partial charge in [0.15, 0.2) is 0 Å². The normalized spacial score (nSPS) is 14.9. The van der Waals surface area contributed by atoms with Crippen LogP contribution < -0.4 is 10.1 Å². The highest BCUT2D eigenvalue weighted by atomic mass is 32.1. The van der Waals surface area contributed by atoms with Gasteiger partial charge in [-0.2, -0.15) is 4.98 Å². The van der Waals surface area contributed by atoms with Gasteiger partial charge < -0.3 is 10.1 Å². The molecule has 3 rings (SSSR count). The SMILES string of the molecule is CCCNc1nc(OCC2CC2)c2ccsc2n1. The average molecular weight is 263 g/mol. The van der Waals surface area contributed by atoms with Crippen molar-refractivity contribution in [3.63, 3.8) is 0 Å². The van der Waals surface area contributed by atoms with Gasteiger partial charge in [0.25, 0.3) is 0 Å². The third-order valence-electron chi connectivity index (χ3n) is 2.98. The van der Waals surface area contributed by atoms with E-state index in [4.69, 9.17) is 4.74 Å². The Bertz CT molecular complexity index is 536. The Morgan fingerprint density at radius 3 is 3.11 bits per heavy atom. The maximum absolute atomic E-state index is 5.84. The fraction of sp³-hybridized carbons (Fsp3) is 0.538. The zero-order valence-electron chi connectivity index (χ0n) is 10.5. The van der Waals surface area contributed by atoms with Crippen LogP contribution in [0.15, 0.2) is 11.4 Å². The van der Waals surface area contributed by atoms with Crippen LogP contribution in [-0.4, -0.2) is 23.1 Å². The summed E-state index contributed by atoms with van der Waals surface area (Å²) in [6.07, 6.45) is 3.64. The number of aromatic nitrogens is 2. The van der Waals surface area contributed by atoms with Crippen molar-refractivity contribution in [1.29, 1.82) is 0 Å². The maximum Gasteiger partial charge on any atom is 0.227 e. The van der Waals surface area contributed by atoms with Crippen molar-refractivity contribution in [2.45, 2.75) is 26.2 Å². The van der Waals surface area contributed by atoms with E-state index in [0.717, 1.165) is 41.6 Å². The molecular weight excluding hydrogens is 246 g/mol. The highest BCUT2D eigenvalue weighted by Crippen LogP contribution is 2.32. The minimum Gasteiger partial charge on any atom is -0.477 e. The Balaban J connectivity index is 1.84. The van der Waals surface area contributed by atoms with E-state index in [1.54, 1.807) is 11.3 Å². The molecule has 5 heteroatoms. The first-order valence-electron chi connectivity index (χ1n) is 6.48. The number of nitrogens with zero attached hydrogens (tertiary/aromatic N) is 2. The average Bonchev–Trinajstić information content (AvgIpc) is 3.09. The minimum atomic E-state index is 0.678. The van der Waals surface area contributed by atoms with E-state index in [0.29, 0.717) is 5.95 Å². The first-order valence-corrected chi connectivity index (χ1v) is 7.36. The highest BCUT2D eigenvalue weighted by molar-refractivity contribution is 7.16. The lowest BCUT2D eigenvalue weighted by molar-refractivity contribution is 0.292. The summed E-state index contributed by atoms with van der Waals surface area (Å²) in [5.74, 6) is 2.14. The van der Waals surface area contributed by atoms with E-state index in [-0.39, 0.29) is 0 Å². The fourth-order valence-corrected chi connectivity index (χ4v) is 2.49. The van der Waals surface area contributed by atoms with Gasteiger partial charge in [-0.05, 0) is 36.6 Å². The third kappa shape index (κ3) is 2.56.